The number of aromatic nitrogens is 2. The van der Waals surface area contributed by atoms with E-state index in [4.69, 9.17) is 9.72 Å². The van der Waals surface area contributed by atoms with E-state index in [2.05, 4.69) is 44.6 Å². The number of anilines is 4. The van der Waals surface area contributed by atoms with E-state index in [1.54, 1.807) is 37.4 Å². The first-order chi connectivity index (χ1) is 19.8. The molecule has 2 N–H and O–H groups in total. The van der Waals surface area contributed by atoms with Crippen LogP contribution in [0.25, 0.3) is 0 Å². The van der Waals surface area contributed by atoms with E-state index >= 15 is 0 Å². The molecule has 3 aliphatic rings. The Balaban J connectivity index is 1.37. The lowest BCUT2D eigenvalue weighted by molar-refractivity contribution is -0.120. The van der Waals surface area contributed by atoms with E-state index in [0.29, 0.717) is 46.8 Å². The van der Waals surface area contributed by atoms with Gasteiger partial charge in [-0.15, -0.1) is 0 Å². The van der Waals surface area contributed by atoms with Gasteiger partial charge in [-0.25, -0.2) is 9.99 Å². The molecule has 11 heteroatoms. The summed E-state index contributed by atoms with van der Waals surface area (Å²) in [5.74, 6) is 2.17. The lowest BCUT2D eigenvalue weighted by Crippen LogP contribution is -2.58. The quantitative estimate of drug-likeness (QED) is 0.472. The monoisotopic (exact) mass is 564 g/mol. The van der Waals surface area contributed by atoms with Gasteiger partial charge < -0.3 is 25.2 Å². The zero-order valence-corrected chi connectivity index (χ0v) is 25.0. The molecule has 11 nitrogen and oxygen atoms in total. The second-order valence-corrected chi connectivity index (χ2v) is 11.7. The van der Waals surface area contributed by atoms with E-state index in [0.717, 1.165) is 32.5 Å². The Morgan fingerprint density at radius 1 is 1.15 bits per heavy atom. The summed E-state index contributed by atoms with van der Waals surface area (Å²) in [6.07, 6.45) is 9.23. The van der Waals surface area contributed by atoms with Crippen LogP contribution in [0, 0.1) is 5.92 Å². The zero-order valence-electron chi connectivity index (χ0n) is 25.0. The van der Waals surface area contributed by atoms with Crippen molar-refractivity contribution in [2.75, 3.05) is 63.1 Å². The third kappa shape index (κ3) is 6.25. The molecule has 1 unspecified atom stereocenters. The number of hydrazine groups is 1. The number of piperidine rings is 1. The molecule has 2 aromatic rings. The Morgan fingerprint density at radius 2 is 1.88 bits per heavy atom. The van der Waals surface area contributed by atoms with Crippen molar-refractivity contribution in [3.8, 4) is 5.75 Å². The highest BCUT2D eigenvalue weighted by Gasteiger charge is 2.40. The normalized spacial score (nSPS) is 20.4. The maximum Gasteiger partial charge on any atom is 0.251 e. The van der Waals surface area contributed by atoms with Crippen LogP contribution in [0.3, 0.4) is 0 Å². The summed E-state index contributed by atoms with van der Waals surface area (Å²) in [4.78, 5) is 39.6. The Labute approximate surface area is 243 Å². The number of benzene rings is 1. The SMILES string of the molecule is CCC1C(=O)N(C)c2cnc(Nc3ccc(C(=O)NC4CCN(C)CC4)cc3OC)nc2N1N(C)CC1CCCC1. The van der Waals surface area contributed by atoms with Crippen molar-refractivity contribution in [2.45, 2.75) is 64.0 Å². The first kappa shape index (κ1) is 29.1. The molecule has 41 heavy (non-hydrogen) atoms. The standard InChI is InChI=1S/C30H44N8O3/c1-6-24-29(40)37(4)25-18-31-30(34-27(25)38(24)36(3)19-20-9-7-8-10-20)33-23-12-11-21(17-26(23)41-5)28(39)32-22-13-15-35(2)16-14-22/h11-12,17-18,20,22,24H,6-10,13-16,19H2,1-5H3,(H,32,39)(H,31,33,34). The van der Waals surface area contributed by atoms with Crippen molar-refractivity contribution < 1.29 is 14.3 Å². The van der Waals surface area contributed by atoms with Gasteiger partial charge >= 0.3 is 0 Å². The molecule has 2 amide bonds. The smallest absolute Gasteiger partial charge is 0.251 e. The van der Waals surface area contributed by atoms with Crippen LogP contribution in [0.2, 0.25) is 0 Å². The third-order valence-electron chi connectivity index (χ3n) is 8.75. The Hall–Kier alpha value is -3.44. The number of hydrogen-bond donors (Lipinski definition) is 2. The topological polar surface area (TPSA) is 106 Å². The fraction of sp³-hybridized carbons (Fsp3) is 0.600. The number of amides is 2. The number of methoxy groups -OCH3 is 1. The van der Waals surface area contributed by atoms with Crippen LogP contribution in [0.15, 0.2) is 24.4 Å². The molecule has 222 valence electrons. The molecule has 1 atom stereocenters. The maximum atomic E-state index is 13.3. The predicted octanol–water partition coefficient (Wildman–Crippen LogP) is 3.65. The molecule has 1 saturated heterocycles. The fourth-order valence-corrected chi connectivity index (χ4v) is 6.31. The number of likely N-dealkylation sites (tertiary alicyclic amines) is 1. The number of fused-ring (bicyclic) bond motifs is 1. The van der Waals surface area contributed by atoms with E-state index in [-0.39, 0.29) is 23.9 Å². The molecule has 1 saturated carbocycles. The summed E-state index contributed by atoms with van der Waals surface area (Å²) >= 11 is 0. The van der Waals surface area contributed by atoms with Gasteiger partial charge in [-0.2, -0.15) is 4.98 Å². The first-order valence-corrected chi connectivity index (χ1v) is 14.9. The van der Waals surface area contributed by atoms with Crippen molar-refractivity contribution in [3.05, 3.63) is 30.0 Å². The van der Waals surface area contributed by atoms with Gasteiger partial charge in [-0.3, -0.25) is 14.6 Å². The second kappa shape index (κ2) is 12.6. The van der Waals surface area contributed by atoms with Crippen molar-refractivity contribution >= 4 is 35.0 Å². The summed E-state index contributed by atoms with van der Waals surface area (Å²) < 4.78 is 5.65. The van der Waals surface area contributed by atoms with Crippen LogP contribution >= 0.6 is 0 Å². The highest BCUT2D eigenvalue weighted by atomic mass is 16.5. The molecule has 1 aromatic carbocycles. The summed E-state index contributed by atoms with van der Waals surface area (Å²) in [5, 5.41) is 10.7. The Morgan fingerprint density at radius 3 is 2.56 bits per heavy atom. The van der Waals surface area contributed by atoms with Crippen molar-refractivity contribution in [3.63, 3.8) is 0 Å². The van der Waals surface area contributed by atoms with Gasteiger partial charge in [0.1, 0.15) is 17.5 Å². The molecule has 2 aliphatic heterocycles. The lowest BCUT2D eigenvalue weighted by Gasteiger charge is -2.45. The number of ether oxygens (including phenoxy) is 1. The number of nitrogens with one attached hydrogen (secondary N) is 2. The highest BCUT2D eigenvalue weighted by Crippen LogP contribution is 2.37. The highest BCUT2D eigenvalue weighted by molar-refractivity contribution is 6.04. The number of hydrogen-bond acceptors (Lipinski definition) is 9. The molecule has 1 aliphatic carbocycles. The lowest BCUT2D eigenvalue weighted by atomic mass is 10.0. The van der Waals surface area contributed by atoms with E-state index in [1.807, 2.05) is 13.0 Å². The van der Waals surface area contributed by atoms with Gasteiger partial charge in [0.15, 0.2) is 5.82 Å². The number of likely N-dealkylation sites (N-methyl/N-ethyl adjacent to an activating group) is 1. The Kier molecular flexibility index (Phi) is 8.94. The van der Waals surface area contributed by atoms with Crippen LogP contribution in [0.4, 0.5) is 23.1 Å². The maximum absolute atomic E-state index is 13.3. The molecule has 0 bridgehead atoms. The number of nitrogens with zero attached hydrogens (tertiary/aromatic N) is 6. The van der Waals surface area contributed by atoms with E-state index in [9.17, 15) is 9.59 Å². The van der Waals surface area contributed by atoms with Gasteiger partial charge in [0.25, 0.3) is 11.8 Å². The molecule has 2 fully saturated rings. The summed E-state index contributed by atoms with van der Waals surface area (Å²) in [7, 11) is 7.52. The van der Waals surface area contributed by atoms with Crippen LogP contribution < -0.4 is 25.3 Å². The van der Waals surface area contributed by atoms with Crippen LogP contribution in [0.5, 0.6) is 5.75 Å². The number of carbonyl (C=O) groups excluding carboxylic acids is 2. The summed E-state index contributed by atoms with van der Waals surface area (Å²) in [6.45, 7) is 4.88. The average Bonchev–Trinajstić information content (AvgIpc) is 3.49. The van der Waals surface area contributed by atoms with Gasteiger partial charge in [0.05, 0.1) is 19.0 Å². The van der Waals surface area contributed by atoms with Gasteiger partial charge in [-0.1, -0.05) is 19.8 Å². The first-order valence-electron chi connectivity index (χ1n) is 14.9. The van der Waals surface area contributed by atoms with Gasteiger partial charge in [0, 0.05) is 32.2 Å². The largest absolute Gasteiger partial charge is 0.495 e. The molecule has 0 radical (unpaired) electrons. The minimum absolute atomic E-state index is 0.0402. The van der Waals surface area contributed by atoms with Crippen LogP contribution in [0.1, 0.15) is 62.2 Å². The van der Waals surface area contributed by atoms with Crippen LogP contribution in [-0.4, -0.2) is 91.7 Å². The molecular formula is C30H44N8O3. The van der Waals surface area contributed by atoms with Crippen LogP contribution in [-0.2, 0) is 4.79 Å². The Bertz CT molecular complexity index is 1240. The van der Waals surface area contributed by atoms with Gasteiger partial charge in [0.2, 0.25) is 5.95 Å². The number of rotatable bonds is 9. The fourth-order valence-electron chi connectivity index (χ4n) is 6.31. The predicted molar refractivity (Wildman–Crippen MR) is 161 cm³/mol. The average molecular weight is 565 g/mol. The van der Waals surface area contributed by atoms with Crippen molar-refractivity contribution in [1.29, 1.82) is 0 Å². The molecule has 1 aromatic heterocycles. The summed E-state index contributed by atoms with van der Waals surface area (Å²) in [5.41, 5.74) is 1.88. The minimum Gasteiger partial charge on any atom is -0.495 e. The molecule has 5 rings (SSSR count). The number of carbonyl (C=O) groups is 2. The van der Waals surface area contributed by atoms with Crippen molar-refractivity contribution in [1.82, 2.24) is 25.2 Å². The second-order valence-electron chi connectivity index (χ2n) is 11.7. The third-order valence-corrected chi connectivity index (χ3v) is 8.75. The summed E-state index contributed by atoms with van der Waals surface area (Å²) in [6, 6.07) is 5.19. The minimum atomic E-state index is -0.335. The molecular weight excluding hydrogens is 520 g/mol. The molecule has 3 heterocycles. The van der Waals surface area contributed by atoms with E-state index in [1.165, 1.54) is 25.7 Å². The molecule has 0 spiro atoms. The van der Waals surface area contributed by atoms with Crippen molar-refractivity contribution in [2.24, 2.45) is 5.92 Å². The van der Waals surface area contributed by atoms with Gasteiger partial charge in [-0.05, 0) is 76.4 Å². The van der Waals surface area contributed by atoms with E-state index < -0.39 is 0 Å². The zero-order chi connectivity index (χ0) is 29.1.